The van der Waals surface area contributed by atoms with Gasteiger partial charge in [0.2, 0.25) is 5.91 Å². The van der Waals surface area contributed by atoms with Crippen LogP contribution in [0.5, 0.6) is 0 Å². The topological polar surface area (TPSA) is 90.4 Å². The summed E-state index contributed by atoms with van der Waals surface area (Å²) in [5.74, 6) is -1.02. The van der Waals surface area contributed by atoms with Gasteiger partial charge in [-0.25, -0.2) is 9.97 Å². The van der Waals surface area contributed by atoms with Crippen molar-refractivity contribution in [2.45, 2.75) is 56.2 Å². The lowest BCUT2D eigenvalue weighted by Gasteiger charge is -2.47. The first-order chi connectivity index (χ1) is 16.4. The number of anilines is 1. The second kappa shape index (κ2) is 9.76. The van der Waals surface area contributed by atoms with Crippen molar-refractivity contribution in [2.75, 3.05) is 25.0 Å². The van der Waals surface area contributed by atoms with Gasteiger partial charge < -0.3 is 15.7 Å². The van der Waals surface area contributed by atoms with Crippen molar-refractivity contribution in [3.63, 3.8) is 0 Å². The van der Waals surface area contributed by atoms with Crippen LogP contribution >= 0.6 is 0 Å². The van der Waals surface area contributed by atoms with Crippen molar-refractivity contribution in [3.8, 4) is 0 Å². The highest BCUT2D eigenvalue weighted by molar-refractivity contribution is 5.91. The minimum Gasteiger partial charge on any atom is -0.383 e. The first kappa shape index (κ1) is 25.4. The highest BCUT2D eigenvalue weighted by atomic mass is 19.4. The Bertz CT molecular complexity index is 1050. The number of nitrogens with one attached hydrogen (secondary N) is 2. The lowest BCUT2D eigenvalue weighted by atomic mass is 9.81. The van der Waals surface area contributed by atoms with E-state index in [-0.39, 0.29) is 35.7 Å². The normalized spacial score (nSPS) is 23.1. The Kier molecular flexibility index (Phi) is 7.09. The molecule has 192 valence electrons. The molecule has 1 aromatic heterocycles. The zero-order chi connectivity index (χ0) is 25.4. The molecule has 1 atom stereocenters. The first-order valence-corrected chi connectivity index (χ1v) is 11.3. The average Bonchev–Trinajstić information content (AvgIpc) is 2.78. The monoisotopic (exact) mass is 505 g/mol. The fraction of sp³-hybridized carbons (Fsp3) is 0.591. The third-order valence-corrected chi connectivity index (χ3v) is 6.69. The van der Waals surface area contributed by atoms with Gasteiger partial charge in [0.25, 0.3) is 0 Å². The molecule has 35 heavy (non-hydrogen) atoms. The summed E-state index contributed by atoms with van der Waals surface area (Å²) in [5.41, 5.74) is -0.535. The Balaban J connectivity index is 1.23. The molecule has 1 unspecified atom stereocenters. The van der Waals surface area contributed by atoms with Crippen molar-refractivity contribution in [3.05, 3.63) is 30.1 Å². The number of carbonyl (C=O) groups is 1. The van der Waals surface area contributed by atoms with E-state index < -0.39 is 29.9 Å². The summed E-state index contributed by atoms with van der Waals surface area (Å²) < 4.78 is 77.2. The van der Waals surface area contributed by atoms with Crippen LogP contribution in [0.2, 0.25) is 0 Å². The van der Waals surface area contributed by atoms with Gasteiger partial charge in [0.1, 0.15) is 12.1 Å². The van der Waals surface area contributed by atoms with Gasteiger partial charge in [-0.15, -0.1) is 0 Å². The number of aromatic nitrogens is 2. The zero-order valence-corrected chi connectivity index (χ0v) is 18.5. The number of nitrogens with zero attached hydrogens (tertiary/aromatic N) is 3. The van der Waals surface area contributed by atoms with Crippen LogP contribution in [0.15, 0.2) is 24.5 Å². The molecule has 1 amide bonds. The summed E-state index contributed by atoms with van der Waals surface area (Å²) in [6, 6.07) is 3.10. The Labute approximate surface area is 196 Å². The molecular weight excluding hydrogens is 480 g/mol. The molecule has 0 radical (unpaired) electrons. The molecule has 0 bridgehead atoms. The van der Waals surface area contributed by atoms with Crippen LogP contribution in [0.4, 0.5) is 32.2 Å². The van der Waals surface area contributed by atoms with Crippen molar-refractivity contribution in [1.29, 1.82) is 0 Å². The quantitative estimate of drug-likeness (QED) is 0.522. The summed E-state index contributed by atoms with van der Waals surface area (Å²) in [6.07, 6.45) is -8.50. The molecular formula is C22H25F6N5O2. The number of halogens is 6. The lowest BCUT2D eigenvalue weighted by Crippen LogP contribution is -2.63. The molecule has 2 fully saturated rings. The largest absolute Gasteiger partial charge is 0.416 e. The number of benzene rings is 1. The molecule has 2 heterocycles. The molecule has 4 rings (SSSR count). The second-order valence-electron chi connectivity index (χ2n) is 9.08. The lowest BCUT2D eigenvalue weighted by molar-refractivity contribution is -0.223. The third kappa shape index (κ3) is 5.95. The van der Waals surface area contributed by atoms with Gasteiger partial charge in [-0.05, 0) is 49.8 Å². The highest BCUT2D eigenvalue weighted by Crippen LogP contribution is 2.37. The van der Waals surface area contributed by atoms with E-state index in [0.29, 0.717) is 44.3 Å². The SMILES string of the molecule is O=C(CNc1ncnc2ccc(C(F)(F)F)cc12)NC1CN([C@H]2CC[C@H](C(O)C(F)(F)F)CC2)C1. The maximum Gasteiger partial charge on any atom is 0.416 e. The summed E-state index contributed by atoms with van der Waals surface area (Å²) in [6.45, 7) is 0.932. The van der Waals surface area contributed by atoms with Crippen molar-refractivity contribution < 1.29 is 36.2 Å². The minimum atomic E-state index is -4.60. The Morgan fingerprint density at radius 2 is 1.77 bits per heavy atom. The van der Waals surface area contributed by atoms with Gasteiger partial charge >= 0.3 is 12.4 Å². The van der Waals surface area contributed by atoms with Crippen LogP contribution < -0.4 is 10.6 Å². The van der Waals surface area contributed by atoms with E-state index in [2.05, 4.69) is 25.5 Å². The highest BCUT2D eigenvalue weighted by Gasteiger charge is 2.45. The number of hydrogen-bond donors (Lipinski definition) is 3. The Hall–Kier alpha value is -2.67. The third-order valence-electron chi connectivity index (χ3n) is 6.69. The van der Waals surface area contributed by atoms with E-state index >= 15 is 0 Å². The van der Waals surface area contributed by atoms with Crippen LogP contribution in [0, 0.1) is 5.92 Å². The number of aliphatic hydroxyl groups excluding tert-OH is 1. The van der Waals surface area contributed by atoms with E-state index in [1.165, 1.54) is 12.4 Å². The van der Waals surface area contributed by atoms with Crippen LogP contribution in [0.3, 0.4) is 0 Å². The smallest absolute Gasteiger partial charge is 0.383 e. The molecule has 0 spiro atoms. The van der Waals surface area contributed by atoms with Gasteiger partial charge in [-0.3, -0.25) is 9.69 Å². The summed E-state index contributed by atoms with van der Waals surface area (Å²) in [5, 5.41) is 15.2. The number of hydrogen-bond acceptors (Lipinski definition) is 6. The van der Waals surface area contributed by atoms with Gasteiger partial charge in [0.05, 0.1) is 23.7 Å². The van der Waals surface area contributed by atoms with E-state index in [0.717, 1.165) is 12.1 Å². The predicted octanol–water partition coefficient (Wildman–Crippen LogP) is 3.34. The Morgan fingerprint density at radius 3 is 2.40 bits per heavy atom. The van der Waals surface area contributed by atoms with Crippen LogP contribution in [0.1, 0.15) is 31.2 Å². The van der Waals surface area contributed by atoms with Crippen molar-refractivity contribution in [2.24, 2.45) is 5.92 Å². The number of aliphatic hydroxyl groups is 1. The molecule has 1 saturated carbocycles. The number of rotatable bonds is 6. The van der Waals surface area contributed by atoms with E-state index in [1.807, 2.05) is 0 Å². The average molecular weight is 505 g/mol. The van der Waals surface area contributed by atoms with E-state index in [4.69, 9.17) is 0 Å². The zero-order valence-electron chi connectivity index (χ0n) is 18.5. The molecule has 2 aliphatic rings. The Morgan fingerprint density at radius 1 is 1.09 bits per heavy atom. The molecule has 2 aromatic rings. The van der Waals surface area contributed by atoms with E-state index in [1.54, 1.807) is 0 Å². The number of alkyl halides is 6. The van der Waals surface area contributed by atoms with Crippen LogP contribution in [-0.4, -0.2) is 69.9 Å². The number of likely N-dealkylation sites (tertiary alicyclic amines) is 1. The predicted molar refractivity (Wildman–Crippen MR) is 114 cm³/mol. The molecule has 1 aliphatic heterocycles. The molecule has 3 N–H and O–H groups in total. The van der Waals surface area contributed by atoms with Crippen molar-refractivity contribution in [1.82, 2.24) is 20.2 Å². The molecule has 7 nitrogen and oxygen atoms in total. The summed E-state index contributed by atoms with van der Waals surface area (Å²) >= 11 is 0. The standard InChI is InChI=1S/C22H25F6N5O2/c23-21(24,25)13-3-6-17-16(7-13)20(31-11-30-17)29-8-18(34)32-14-9-33(10-14)15-4-1-12(2-5-15)19(35)22(26,27)28/h3,6-7,11-12,14-15,19,35H,1-2,4-5,8-10H2,(H,32,34)(H,29,30,31)/t12-,15-,19?. The minimum absolute atomic E-state index is 0.115. The number of fused-ring (bicyclic) bond motifs is 1. The molecule has 1 aromatic carbocycles. The van der Waals surface area contributed by atoms with E-state index in [9.17, 15) is 36.2 Å². The van der Waals surface area contributed by atoms with Crippen molar-refractivity contribution >= 4 is 22.6 Å². The van der Waals surface area contributed by atoms with Crippen LogP contribution in [0.25, 0.3) is 10.9 Å². The molecule has 1 saturated heterocycles. The van der Waals surface area contributed by atoms with Gasteiger partial charge in [0.15, 0.2) is 6.10 Å². The fourth-order valence-electron chi connectivity index (χ4n) is 4.77. The van der Waals surface area contributed by atoms with Gasteiger partial charge in [-0.2, -0.15) is 26.3 Å². The molecule has 1 aliphatic carbocycles. The first-order valence-electron chi connectivity index (χ1n) is 11.3. The maximum absolute atomic E-state index is 13.0. The summed E-state index contributed by atoms with van der Waals surface area (Å²) in [4.78, 5) is 22.3. The summed E-state index contributed by atoms with van der Waals surface area (Å²) in [7, 11) is 0. The van der Waals surface area contributed by atoms with Gasteiger partial charge in [0, 0.05) is 24.5 Å². The maximum atomic E-state index is 13.0. The van der Waals surface area contributed by atoms with Gasteiger partial charge in [-0.1, -0.05) is 0 Å². The van der Waals surface area contributed by atoms with Crippen LogP contribution in [-0.2, 0) is 11.0 Å². The number of carbonyl (C=O) groups excluding carboxylic acids is 1. The fourth-order valence-corrected chi connectivity index (χ4v) is 4.77. The molecule has 13 heteroatoms. The second-order valence-corrected chi connectivity index (χ2v) is 9.08. The number of amides is 1.